The number of carbonyl (C=O) groups is 1. The lowest BCUT2D eigenvalue weighted by atomic mass is 10.1. The Labute approximate surface area is 131 Å². The van der Waals surface area contributed by atoms with Gasteiger partial charge >= 0.3 is 0 Å². The first-order chi connectivity index (χ1) is 10.6. The van der Waals surface area contributed by atoms with E-state index in [1.54, 1.807) is 6.07 Å². The third kappa shape index (κ3) is 3.20. The van der Waals surface area contributed by atoms with Gasteiger partial charge in [-0.2, -0.15) is 0 Å². The lowest BCUT2D eigenvalue weighted by molar-refractivity contribution is 0.102. The number of anilines is 1. The van der Waals surface area contributed by atoms with Gasteiger partial charge < -0.3 is 0 Å². The summed E-state index contributed by atoms with van der Waals surface area (Å²) in [7, 11) is 0. The van der Waals surface area contributed by atoms with Crippen LogP contribution in [0.15, 0.2) is 53.9 Å². The van der Waals surface area contributed by atoms with E-state index in [4.69, 9.17) is 0 Å². The van der Waals surface area contributed by atoms with E-state index in [0.29, 0.717) is 5.13 Å². The second-order valence-corrected chi connectivity index (χ2v) is 5.73. The molecule has 3 aromatic rings. The molecule has 0 aliphatic rings. The molecule has 0 radical (unpaired) electrons. The predicted octanol–water partition coefficient (Wildman–Crippen LogP) is 4.51. The van der Waals surface area contributed by atoms with E-state index in [1.165, 1.54) is 35.1 Å². The molecule has 0 unspecified atom stereocenters. The maximum absolute atomic E-state index is 13.1. The van der Waals surface area contributed by atoms with Gasteiger partial charge in [-0.1, -0.05) is 35.9 Å². The van der Waals surface area contributed by atoms with Crippen molar-refractivity contribution in [1.29, 1.82) is 0 Å². The van der Waals surface area contributed by atoms with Gasteiger partial charge in [-0.15, -0.1) is 11.3 Å². The van der Waals surface area contributed by atoms with Crippen molar-refractivity contribution >= 4 is 22.4 Å². The molecule has 0 aliphatic carbocycles. The number of nitrogens with one attached hydrogen (secondary N) is 1. The summed E-state index contributed by atoms with van der Waals surface area (Å²) >= 11 is 1.34. The number of rotatable bonds is 3. The lowest BCUT2D eigenvalue weighted by Crippen LogP contribution is -2.11. The fourth-order valence-corrected chi connectivity index (χ4v) is 2.70. The summed E-state index contributed by atoms with van der Waals surface area (Å²) < 4.78 is 13.1. The second-order valence-electron chi connectivity index (χ2n) is 4.87. The summed E-state index contributed by atoms with van der Waals surface area (Å²) in [6, 6.07) is 13.6. The molecule has 2 aromatic carbocycles. The van der Waals surface area contributed by atoms with Crippen LogP contribution in [0, 0.1) is 12.7 Å². The molecule has 1 amide bonds. The van der Waals surface area contributed by atoms with E-state index >= 15 is 0 Å². The van der Waals surface area contributed by atoms with Gasteiger partial charge in [0.05, 0.1) is 5.69 Å². The zero-order valence-corrected chi connectivity index (χ0v) is 12.7. The summed E-state index contributed by atoms with van der Waals surface area (Å²) in [5, 5.41) is 5.06. The standard InChI is InChI=1S/C17H13FN2OS/c1-11-5-7-12(8-6-11)15-10-22-17(19-15)20-16(21)13-3-2-4-14(18)9-13/h2-10H,1H3,(H,19,20,21). The van der Waals surface area contributed by atoms with Crippen LogP contribution in [0.1, 0.15) is 15.9 Å². The molecule has 0 atom stereocenters. The highest BCUT2D eigenvalue weighted by atomic mass is 32.1. The largest absolute Gasteiger partial charge is 0.298 e. The van der Waals surface area contributed by atoms with Crippen molar-refractivity contribution in [1.82, 2.24) is 4.98 Å². The molecule has 0 saturated heterocycles. The van der Waals surface area contributed by atoms with E-state index in [0.717, 1.165) is 11.3 Å². The minimum atomic E-state index is -0.438. The Kier molecular flexibility index (Phi) is 3.98. The van der Waals surface area contributed by atoms with E-state index in [2.05, 4.69) is 10.3 Å². The Morgan fingerprint density at radius 1 is 1.18 bits per heavy atom. The molecule has 22 heavy (non-hydrogen) atoms. The predicted molar refractivity (Wildman–Crippen MR) is 86.6 cm³/mol. The van der Waals surface area contributed by atoms with Gasteiger partial charge in [0.25, 0.3) is 5.91 Å². The van der Waals surface area contributed by atoms with Crippen molar-refractivity contribution < 1.29 is 9.18 Å². The van der Waals surface area contributed by atoms with Crippen molar-refractivity contribution in [2.45, 2.75) is 6.92 Å². The van der Waals surface area contributed by atoms with Crippen LogP contribution in [-0.4, -0.2) is 10.9 Å². The Hall–Kier alpha value is -2.53. The van der Waals surface area contributed by atoms with E-state index < -0.39 is 5.82 Å². The number of nitrogens with zero attached hydrogens (tertiary/aromatic N) is 1. The Morgan fingerprint density at radius 3 is 2.68 bits per heavy atom. The Morgan fingerprint density at radius 2 is 1.95 bits per heavy atom. The molecule has 110 valence electrons. The Balaban J connectivity index is 1.77. The van der Waals surface area contributed by atoms with Crippen LogP contribution in [0.25, 0.3) is 11.3 Å². The van der Waals surface area contributed by atoms with Crippen molar-refractivity contribution in [3.63, 3.8) is 0 Å². The molecule has 1 N–H and O–H groups in total. The first-order valence-corrected chi connectivity index (χ1v) is 7.59. The number of halogens is 1. The highest BCUT2D eigenvalue weighted by Crippen LogP contribution is 2.25. The van der Waals surface area contributed by atoms with Gasteiger partial charge in [0.1, 0.15) is 5.82 Å². The van der Waals surface area contributed by atoms with E-state index in [1.807, 2.05) is 36.6 Å². The summed E-state index contributed by atoms with van der Waals surface area (Å²) in [6.07, 6.45) is 0. The van der Waals surface area contributed by atoms with Crippen LogP contribution < -0.4 is 5.32 Å². The second kappa shape index (κ2) is 6.07. The third-order valence-electron chi connectivity index (χ3n) is 3.16. The van der Waals surface area contributed by atoms with Crippen LogP contribution in [0.3, 0.4) is 0 Å². The minimum absolute atomic E-state index is 0.270. The van der Waals surface area contributed by atoms with Gasteiger partial charge in [-0.3, -0.25) is 10.1 Å². The van der Waals surface area contributed by atoms with Crippen molar-refractivity contribution in [2.75, 3.05) is 5.32 Å². The van der Waals surface area contributed by atoms with Crippen molar-refractivity contribution in [2.24, 2.45) is 0 Å². The van der Waals surface area contributed by atoms with Gasteiger partial charge in [0, 0.05) is 16.5 Å². The fourth-order valence-electron chi connectivity index (χ4n) is 1.99. The topological polar surface area (TPSA) is 42.0 Å². The third-order valence-corrected chi connectivity index (χ3v) is 3.92. The normalized spacial score (nSPS) is 10.5. The summed E-state index contributed by atoms with van der Waals surface area (Å²) in [6.45, 7) is 2.02. The van der Waals surface area contributed by atoms with Crippen molar-refractivity contribution in [3.05, 3.63) is 70.9 Å². The van der Waals surface area contributed by atoms with E-state index in [9.17, 15) is 9.18 Å². The monoisotopic (exact) mass is 312 g/mol. The highest BCUT2D eigenvalue weighted by Gasteiger charge is 2.10. The number of carbonyl (C=O) groups excluding carboxylic acids is 1. The number of hydrogen-bond acceptors (Lipinski definition) is 3. The highest BCUT2D eigenvalue weighted by molar-refractivity contribution is 7.14. The summed E-state index contributed by atoms with van der Waals surface area (Å²) in [4.78, 5) is 16.4. The molecule has 0 saturated carbocycles. The molecule has 0 aliphatic heterocycles. The average Bonchev–Trinajstić information content (AvgIpc) is 2.96. The Bertz CT molecular complexity index is 812. The number of thiazole rings is 1. The molecule has 3 rings (SSSR count). The first kappa shape index (κ1) is 14.4. The van der Waals surface area contributed by atoms with Gasteiger partial charge in [-0.25, -0.2) is 9.37 Å². The van der Waals surface area contributed by atoms with Crippen LogP contribution in [-0.2, 0) is 0 Å². The van der Waals surface area contributed by atoms with Crippen molar-refractivity contribution in [3.8, 4) is 11.3 Å². The molecule has 3 nitrogen and oxygen atoms in total. The number of aryl methyl sites for hydroxylation is 1. The molecule has 1 heterocycles. The molecule has 1 aromatic heterocycles. The maximum Gasteiger partial charge on any atom is 0.257 e. The fraction of sp³-hybridized carbons (Fsp3) is 0.0588. The number of aromatic nitrogens is 1. The molecular formula is C17H13FN2OS. The lowest BCUT2D eigenvalue weighted by Gasteiger charge is -2.01. The SMILES string of the molecule is Cc1ccc(-c2csc(NC(=O)c3cccc(F)c3)n2)cc1. The molecular weight excluding hydrogens is 299 g/mol. The number of hydrogen-bond donors (Lipinski definition) is 1. The van der Waals surface area contributed by atoms with Gasteiger partial charge in [0.2, 0.25) is 0 Å². The minimum Gasteiger partial charge on any atom is -0.298 e. The number of benzene rings is 2. The first-order valence-electron chi connectivity index (χ1n) is 6.71. The van der Waals surface area contributed by atoms with Gasteiger partial charge in [-0.05, 0) is 25.1 Å². The molecule has 5 heteroatoms. The molecule has 0 fully saturated rings. The van der Waals surface area contributed by atoms with Crippen LogP contribution in [0.2, 0.25) is 0 Å². The number of amides is 1. The molecule has 0 spiro atoms. The summed E-state index contributed by atoms with van der Waals surface area (Å²) in [5.74, 6) is -0.809. The quantitative estimate of drug-likeness (QED) is 0.773. The smallest absolute Gasteiger partial charge is 0.257 e. The maximum atomic E-state index is 13.1. The van der Waals surface area contributed by atoms with Crippen LogP contribution in [0.4, 0.5) is 9.52 Å². The van der Waals surface area contributed by atoms with Crippen LogP contribution in [0.5, 0.6) is 0 Å². The zero-order valence-electron chi connectivity index (χ0n) is 11.8. The van der Waals surface area contributed by atoms with Gasteiger partial charge in [0.15, 0.2) is 5.13 Å². The molecule has 0 bridgehead atoms. The van der Waals surface area contributed by atoms with E-state index in [-0.39, 0.29) is 11.5 Å². The summed E-state index contributed by atoms with van der Waals surface area (Å²) in [5.41, 5.74) is 3.25. The van der Waals surface area contributed by atoms with Crippen LogP contribution >= 0.6 is 11.3 Å². The average molecular weight is 312 g/mol. The zero-order chi connectivity index (χ0) is 15.5.